The Morgan fingerprint density at radius 1 is 0.741 bits per heavy atom. The smallest absolute Gasteiger partial charge is 0.246 e. The first-order chi connectivity index (χ1) is 28.4. The quantitative estimate of drug-likeness (QED) is 0.108. The monoisotopic (exact) mass is 782 g/mol. The van der Waals surface area contributed by atoms with E-state index in [1.165, 1.54) is 0 Å². The summed E-state index contributed by atoms with van der Waals surface area (Å²) in [6.07, 6.45) is 6.64. The molecule has 6 heterocycles. The number of hydrogen-bond acceptors (Lipinski definition) is 10. The van der Waals surface area contributed by atoms with Crippen LogP contribution in [0, 0.1) is 5.92 Å². The van der Waals surface area contributed by atoms with E-state index < -0.39 is 12.5 Å². The van der Waals surface area contributed by atoms with E-state index in [9.17, 15) is 9.59 Å². The van der Waals surface area contributed by atoms with Gasteiger partial charge in [0.05, 0.1) is 42.4 Å². The van der Waals surface area contributed by atoms with Crippen LogP contribution in [-0.2, 0) is 19.1 Å². The number of nitrogens with one attached hydrogen (secondary N) is 5. The predicted molar refractivity (Wildman–Crippen MR) is 220 cm³/mol. The van der Waals surface area contributed by atoms with Crippen LogP contribution in [0.4, 0.5) is 0 Å². The van der Waals surface area contributed by atoms with Crippen LogP contribution in [0.5, 0.6) is 0 Å². The number of H-pyrrole nitrogens is 2. The zero-order valence-electron chi connectivity index (χ0n) is 32.9. The van der Waals surface area contributed by atoms with Gasteiger partial charge >= 0.3 is 0 Å². The summed E-state index contributed by atoms with van der Waals surface area (Å²) in [5, 5.41) is 9.80. The number of likely N-dealkylation sites (tertiary alicyclic amines) is 2. The fraction of sp³-hybridized carbons (Fsp3) is 0.386. The van der Waals surface area contributed by atoms with Crippen LogP contribution < -0.4 is 16.0 Å². The normalized spacial score (nSPS) is 20.5. The number of guanidine groups is 1. The highest BCUT2D eigenvalue weighted by atomic mass is 16.9. The molecule has 3 saturated heterocycles. The summed E-state index contributed by atoms with van der Waals surface area (Å²) in [5.41, 5.74) is 6.92. The topological polar surface area (TPSA) is 165 Å². The molecule has 0 aliphatic carbocycles. The lowest BCUT2D eigenvalue weighted by Crippen LogP contribution is -2.53. The first-order valence-electron chi connectivity index (χ1n) is 20.4. The molecule has 4 aliphatic heterocycles. The third-order valence-electron chi connectivity index (χ3n) is 11.6. The molecular weight excluding hydrogens is 733 g/mol. The molecule has 0 unspecified atom stereocenters. The molecule has 4 atom stereocenters. The summed E-state index contributed by atoms with van der Waals surface area (Å²) in [6.45, 7) is 7.21. The van der Waals surface area contributed by atoms with E-state index in [1.807, 2.05) is 52.5 Å². The van der Waals surface area contributed by atoms with E-state index in [2.05, 4.69) is 93.3 Å². The first kappa shape index (κ1) is 37.7. The van der Waals surface area contributed by atoms with Crippen LogP contribution in [0.2, 0.25) is 0 Å². The Labute approximate surface area is 337 Å². The molecule has 0 spiro atoms. The molecule has 0 radical (unpaired) electrons. The number of aliphatic imine (C=N–C) groups is 1. The van der Waals surface area contributed by atoms with Gasteiger partial charge in [0.15, 0.2) is 12.8 Å². The first-order valence-corrected chi connectivity index (χ1v) is 20.4. The number of carbonyl (C=O) groups excluding carboxylic acids is 2. The Balaban J connectivity index is 0.847. The highest BCUT2D eigenvalue weighted by Gasteiger charge is 2.39. The second-order valence-corrected chi connectivity index (χ2v) is 15.7. The number of aromatic nitrogens is 4. The fourth-order valence-corrected chi connectivity index (χ4v) is 8.44. The highest BCUT2D eigenvalue weighted by Crippen LogP contribution is 2.36. The summed E-state index contributed by atoms with van der Waals surface area (Å²) in [7, 11) is 0. The predicted octanol–water partition coefficient (Wildman–Crippen LogP) is 5.65. The van der Waals surface area contributed by atoms with Gasteiger partial charge in [-0.1, -0.05) is 92.7 Å². The number of aromatic amines is 2. The van der Waals surface area contributed by atoms with Gasteiger partial charge in [0.2, 0.25) is 18.2 Å². The van der Waals surface area contributed by atoms with E-state index >= 15 is 0 Å². The van der Waals surface area contributed by atoms with Crippen LogP contribution in [0.1, 0.15) is 74.9 Å². The van der Waals surface area contributed by atoms with Crippen molar-refractivity contribution in [1.29, 1.82) is 0 Å². The maximum atomic E-state index is 14.0. The van der Waals surface area contributed by atoms with Gasteiger partial charge in [-0.25, -0.2) is 9.97 Å². The lowest BCUT2D eigenvalue weighted by atomic mass is 10.0. The van der Waals surface area contributed by atoms with E-state index in [4.69, 9.17) is 19.4 Å². The number of amides is 2. The number of ether oxygens (including phenoxy) is 2. The molecule has 0 bridgehead atoms. The summed E-state index contributed by atoms with van der Waals surface area (Å²) in [4.78, 5) is 52.7. The summed E-state index contributed by atoms with van der Waals surface area (Å²) < 4.78 is 10.9. The zero-order valence-corrected chi connectivity index (χ0v) is 32.9. The summed E-state index contributed by atoms with van der Waals surface area (Å²) in [5.74, 6) is 2.46. The molecular formula is C44H50N10O4. The minimum Gasteiger partial charge on any atom is -0.355 e. The average Bonchev–Trinajstić information content (AvgIpc) is 4.09. The largest absolute Gasteiger partial charge is 0.355 e. The van der Waals surface area contributed by atoms with Crippen molar-refractivity contribution in [3.63, 3.8) is 0 Å². The van der Waals surface area contributed by atoms with Crippen molar-refractivity contribution in [3.8, 4) is 33.6 Å². The van der Waals surface area contributed by atoms with Gasteiger partial charge in [-0.15, -0.1) is 0 Å². The highest BCUT2D eigenvalue weighted by molar-refractivity contribution is 5.90. The molecule has 14 nitrogen and oxygen atoms in total. The number of rotatable bonds is 12. The van der Waals surface area contributed by atoms with Gasteiger partial charge in [0.25, 0.3) is 0 Å². The van der Waals surface area contributed by atoms with Gasteiger partial charge in [0.1, 0.15) is 23.7 Å². The number of imidazole rings is 2. The molecule has 9 rings (SSSR count). The molecule has 3 aromatic carbocycles. The third-order valence-corrected chi connectivity index (χ3v) is 11.6. The van der Waals surface area contributed by atoms with Crippen molar-refractivity contribution in [2.75, 3.05) is 33.0 Å². The Bertz CT molecular complexity index is 2230. The molecule has 58 heavy (non-hydrogen) atoms. The van der Waals surface area contributed by atoms with Crippen molar-refractivity contribution < 1.29 is 19.1 Å². The lowest BCUT2D eigenvalue weighted by Gasteiger charge is -2.34. The van der Waals surface area contributed by atoms with Crippen LogP contribution >= 0.6 is 0 Å². The number of hydrogen-bond donors (Lipinski definition) is 5. The minimum atomic E-state index is -0.606. The molecule has 14 heteroatoms. The van der Waals surface area contributed by atoms with Crippen LogP contribution in [0.25, 0.3) is 33.6 Å². The molecule has 300 valence electrons. The maximum absolute atomic E-state index is 14.0. The third kappa shape index (κ3) is 7.74. The van der Waals surface area contributed by atoms with Crippen molar-refractivity contribution in [3.05, 3.63) is 108 Å². The summed E-state index contributed by atoms with van der Waals surface area (Å²) in [6, 6.07) is 25.4. The van der Waals surface area contributed by atoms with E-state index in [1.54, 1.807) is 0 Å². The number of carbonyl (C=O) groups is 2. The molecule has 0 saturated carbocycles. The standard InChI is InChI=1S/C44H50N10O4/c1-27(2)37(51-43-45-20-21-46-43)41(55)53-22-6-10-35(53)39-47-24-33(49-39)30-16-12-28(13-17-30)29-14-18-31(19-15-29)34-25-48-40(50-34)36-11-7-23-54(36)42(56)38(52-44-57-26-58-44)32-8-4-3-5-9-32/h3-5,8-9,12-19,24-25,27,35-38,44,52H,6-7,10-11,20-23,26H2,1-2H3,(H,47,49)(H,48,50)(H2,45,46,51)/t35-,36-,37-,38+/m0/s1. The molecule has 5 aromatic rings. The van der Waals surface area contributed by atoms with Crippen molar-refractivity contribution >= 4 is 17.8 Å². The molecule has 4 aliphatic rings. The Hall–Kier alpha value is -5.83. The van der Waals surface area contributed by atoms with E-state index in [-0.39, 0.29) is 42.7 Å². The van der Waals surface area contributed by atoms with Crippen molar-refractivity contribution in [2.45, 2.75) is 70.1 Å². The minimum absolute atomic E-state index is 0.0294. The van der Waals surface area contributed by atoms with Crippen LogP contribution in [0.15, 0.2) is 96.2 Å². The summed E-state index contributed by atoms with van der Waals surface area (Å²) >= 11 is 0. The Morgan fingerprint density at radius 2 is 1.29 bits per heavy atom. The fourth-order valence-electron chi connectivity index (χ4n) is 8.44. The Kier molecular flexibility index (Phi) is 10.8. The zero-order chi connectivity index (χ0) is 39.6. The number of benzene rings is 3. The van der Waals surface area contributed by atoms with E-state index in [0.717, 1.165) is 89.6 Å². The van der Waals surface area contributed by atoms with E-state index in [0.29, 0.717) is 19.0 Å². The van der Waals surface area contributed by atoms with Gasteiger partial charge in [-0.05, 0) is 59.4 Å². The lowest BCUT2D eigenvalue weighted by molar-refractivity contribution is -0.335. The molecule has 2 aromatic heterocycles. The molecule has 3 fully saturated rings. The van der Waals surface area contributed by atoms with Crippen molar-refractivity contribution in [2.24, 2.45) is 10.9 Å². The van der Waals surface area contributed by atoms with Gasteiger partial charge < -0.3 is 39.9 Å². The molecule has 2 amide bonds. The Morgan fingerprint density at radius 3 is 1.79 bits per heavy atom. The second-order valence-electron chi connectivity index (χ2n) is 15.7. The molecule has 5 N–H and O–H groups in total. The second kappa shape index (κ2) is 16.6. The van der Waals surface area contributed by atoms with Crippen molar-refractivity contribution in [1.82, 2.24) is 45.7 Å². The number of nitrogens with zero attached hydrogens (tertiary/aromatic N) is 5. The van der Waals surface area contributed by atoms with Crippen LogP contribution in [-0.4, -0.2) is 92.9 Å². The van der Waals surface area contributed by atoms with Crippen LogP contribution in [0.3, 0.4) is 0 Å². The van der Waals surface area contributed by atoms with Gasteiger partial charge in [0, 0.05) is 19.6 Å². The van der Waals surface area contributed by atoms with Gasteiger partial charge in [-0.3, -0.25) is 19.9 Å². The average molecular weight is 783 g/mol. The maximum Gasteiger partial charge on any atom is 0.246 e. The SMILES string of the molecule is CC(C)[C@H](NC1=NCCN1)C(=O)N1CCC[C@H]1c1ncc(-c2ccc(-c3ccc(-c4cnc([C@@H]5CCCN5C(=O)[C@H](NC5OCO5)c5ccccc5)[nH]4)cc3)cc2)[nH]1. The van der Waals surface area contributed by atoms with Gasteiger partial charge in [-0.2, -0.15) is 0 Å².